The van der Waals surface area contributed by atoms with Gasteiger partial charge < -0.3 is 19.3 Å². The second-order valence-electron chi connectivity index (χ2n) is 6.03. The number of methoxy groups -OCH3 is 1. The number of hydrogen-bond donors (Lipinski definition) is 1. The van der Waals surface area contributed by atoms with E-state index in [0.29, 0.717) is 5.75 Å². The second-order valence-corrected chi connectivity index (χ2v) is 6.03. The highest BCUT2D eigenvalue weighted by atomic mass is 16.7. The number of hydrogen-bond acceptors (Lipinski definition) is 4. The van der Waals surface area contributed by atoms with Gasteiger partial charge in [0, 0.05) is 5.92 Å². The van der Waals surface area contributed by atoms with E-state index >= 15 is 0 Å². The van der Waals surface area contributed by atoms with E-state index in [9.17, 15) is 5.11 Å². The summed E-state index contributed by atoms with van der Waals surface area (Å²) in [6, 6.07) is 5.45. The quantitative estimate of drug-likeness (QED) is 0.845. The van der Waals surface area contributed by atoms with Crippen molar-refractivity contribution in [3.63, 3.8) is 0 Å². The van der Waals surface area contributed by atoms with Gasteiger partial charge in [-0.2, -0.15) is 0 Å². The standard InChI is InChI=1S/C18H28O4/c1-5-7-15-12(3)18(22-17(21-15)8-6-2)13-9-10-14(19)16(11-13)20-4/h9-12,15,17-19H,5-8H2,1-4H3/t12-,15-,17-,18-/m1/s1. The average Bonchev–Trinajstić information content (AvgIpc) is 2.51. The summed E-state index contributed by atoms with van der Waals surface area (Å²) in [6.45, 7) is 6.49. The van der Waals surface area contributed by atoms with Crippen LogP contribution in [0.2, 0.25) is 0 Å². The molecule has 4 nitrogen and oxygen atoms in total. The summed E-state index contributed by atoms with van der Waals surface area (Å²) in [4.78, 5) is 0. The van der Waals surface area contributed by atoms with Crippen molar-refractivity contribution >= 4 is 0 Å². The lowest BCUT2D eigenvalue weighted by Crippen LogP contribution is -2.40. The number of phenols is 1. The van der Waals surface area contributed by atoms with Crippen LogP contribution in [0.5, 0.6) is 11.5 Å². The second kappa shape index (κ2) is 7.84. The van der Waals surface area contributed by atoms with Crippen LogP contribution in [0.4, 0.5) is 0 Å². The molecule has 22 heavy (non-hydrogen) atoms. The first-order valence-corrected chi connectivity index (χ1v) is 8.28. The molecule has 0 bridgehead atoms. The van der Waals surface area contributed by atoms with E-state index in [2.05, 4.69) is 20.8 Å². The Balaban J connectivity index is 2.25. The summed E-state index contributed by atoms with van der Waals surface area (Å²) in [5, 5.41) is 9.78. The summed E-state index contributed by atoms with van der Waals surface area (Å²) in [7, 11) is 1.56. The van der Waals surface area contributed by atoms with Gasteiger partial charge in [-0.25, -0.2) is 0 Å². The van der Waals surface area contributed by atoms with Crippen LogP contribution in [-0.2, 0) is 9.47 Å². The number of rotatable bonds is 6. The van der Waals surface area contributed by atoms with Crippen LogP contribution in [-0.4, -0.2) is 24.6 Å². The summed E-state index contributed by atoms with van der Waals surface area (Å²) in [6.07, 6.45) is 4.09. The van der Waals surface area contributed by atoms with Gasteiger partial charge in [0.2, 0.25) is 0 Å². The molecule has 1 fully saturated rings. The Morgan fingerprint density at radius 3 is 2.50 bits per heavy atom. The Morgan fingerprint density at radius 2 is 1.86 bits per heavy atom. The van der Waals surface area contributed by atoms with Crippen molar-refractivity contribution in [2.24, 2.45) is 5.92 Å². The highest BCUT2D eigenvalue weighted by Crippen LogP contribution is 2.40. The van der Waals surface area contributed by atoms with Crippen LogP contribution in [0.3, 0.4) is 0 Å². The Morgan fingerprint density at radius 1 is 1.14 bits per heavy atom. The summed E-state index contributed by atoms with van der Waals surface area (Å²) < 4.78 is 17.5. The fourth-order valence-electron chi connectivity index (χ4n) is 3.07. The van der Waals surface area contributed by atoms with Gasteiger partial charge in [0.25, 0.3) is 0 Å². The van der Waals surface area contributed by atoms with Crippen molar-refractivity contribution in [2.75, 3.05) is 7.11 Å². The molecular weight excluding hydrogens is 280 g/mol. The molecule has 0 radical (unpaired) electrons. The van der Waals surface area contributed by atoms with Gasteiger partial charge >= 0.3 is 0 Å². The average molecular weight is 308 g/mol. The SMILES string of the molecule is CCC[C@@H]1O[C@H](CCC)[C@@H](C)[C@H](c2ccc(O)c(OC)c2)O1. The van der Waals surface area contributed by atoms with E-state index in [1.165, 1.54) is 0 Å². The molecule has 1 aliphatic heterocycles. The maximum Gasteiger partial charge on any atom is 0.160 e. The number of phenolic OH excluding ortho intramolecular Hbond substituents is 1. The molecular formula is C18H28O4. The third-order valence-electron chi connectivity index (χ3n) is 4.32. The minimum Gasteiger partial charge on any atom is -0.504 e. The zero-order chi connectivity index (χ0) is 16.1. The summed E-state index contributed by atoms with van der Waals surface area (Å²) in [5.41, 5.74) is 1.03. The van der Waals surface area contributed by atoms with E-state index < -0.39 is 0 Å². The van der Waals surface area contributed by atoms with Gasteiger partial charge in [-0.15, -0.1) is 0 Å². The van der Waals surface area contributed by atoms with Crippen LogP contribution >= 0.6 is 0 Å². The van der Waals surface area contributed by atoms with Crippen LogP contribution in [0.15, 0.2) is 18.2 Å². The van der Waals surface area contributed by atoms with Gasteiger partial charge in [0.15, 0.2) is 17.8 Å². The Bertz CT molecular complexity index is 474. The lowest BCUT2D eigenvalue weighted by Gasteiger charge is -2.41. The van der Waals surface area contributed by atoms with Crippen LogP contribution in [0.1, 0.15) is 58.1 Å². The summed E-state index contributed by atoms with van der Waals surface area (Å²) >= 11 is 0. The Kier molecular flexibility index (Phi) is 6.09. The molecule has 1 aromatic rings. The fourth-order valence-corrected chi connectivity index (χ4v) is 3.07. The van der Waals surface area contributed by atoms with Crippen molar-refractivity contribution < 1.29 is 19.3 Å². The molecule has 0 spiro atoms. The minimum atomic E-state index is -0.150. The van der Waals surface area contributed by atoms with Gasteiger partial charge in [-0.05, 0) is 30.5 Å². The third-order valence-corrected chi connectivity index (χ3v) is 4.32. The molecule has 4 heteroatoms. The molecule has 1 aromatic carbocycles. The van der Waals surface area contributed by atoms with Crippen molar-refractivity contribution in [2.45, 2.75) is 65.0 Å². The highest BCUT2D eigenvalue weighted by Gasteiger charge is 2.37. The molecule has 2 rings (SSSR count). The highest BCUT2D eigenvalue weighted by molar-refractivity contribution is 5.42. The lowest BCUT2D eigenvalue weighted by atomic mass is 9.88. The van der Waals surface area contributed by atoms with Crippen LogP contribution < -0.4 is 4.74 Å². The molecule has 1 saturated heterocycles. The monoisotopic (exact) mass is 308 g/mol. The molecule has 1 aliphatic rings. The Hall–Kier alpha value is -1.26. The van der Waals surface area contributed by atoms with Crippen molar-refractivity contribution in [3.05, 3.63) is 23.8 Å². The first kappa shape index (κ1) is 17.1. The predicted molar refractivity (Wildman–Crippen MR) is 86.1 cm³/mol. The fraction of sp³-hybridized carbons (Fsp3) is 0.667. The first-order chi connectivity index (χ1) is 10.6. The van der Waals surface area contributed by atoms with E-state index in [4.69, 9.17) is 14.2 Å². The first-order valence-electron chi connectivity index (χ1n) is 8.28. The molecule has 1 N–H and O–H groups in total. The summed E-state index contributed by atoms with van der Waals surface area (Å²) in [5.74, 6) is 0.905. The van der Waals surface area contributed by atoms with Gasteiger partial charge in [-0.1, -0.05) is 39.7 Å². The van der Waals surface area contributed by atoms with Crippen molar-refractivity contribution in [1.29, 1.82) is 0 Å². The molecule has 0 saturated carbocycles. The topological polar surface area (TPSA) is 47.9 Å². The molecule has 0 aromatic heterocycles. The van der Waals surface area contributed by atoms with E-state index in [0.717, 1.165) is 31.2 Å². The zero-order valence-corrected chi connectivity index (χ0v) is 14.0. The maximum atomic E-state index is 9.78. The molecule has 1 heterocycles. The zero-order valence-electron chi connectivity index (χ0n) is 14.0. The van der Waals surface area contributed by atoms with Crippen molar-refractivity contribution in [1.82, 2.24) is 0 Å². The number of ether oxygens (including phenoxy) is 3. The number of benzene rings is 1. The smallest absolute Gasteiger partial charge is 0.160 e. The van der Waals surface area contributed by atoms with Gasteiger partial charge in [0.05, 0.1) is 19.3 Å². The number of aromatic hydroxyl groups is 1. The molecule has 0 amide bonds. The van der Waals surface area contributed by atoms with E-state index in [1.807, 2.05) is 12.1 Å². The van der Waals surface area contributed by atoms with Crippen LogP contribution in [0, 0.1) is 5.92 Å². The maximum absolute atomic E-state index is 9.78. The van der Waals surface area contributed by atoms with Crippen LogP contribution in [0.25, 0.3) is 0 Å². The largest absolute Gasteiger partial charge is 0.504 e. The minimum absolute atomic E-state index is 0.0312. The van der Waals surface area contributed by atoms with E-state index in [1.54, 1.807) is 13.2 Å². The molecule has 4 atom stereocenters. The van der Waals surface area contributed by atoms with E-state index in [-0.39, 0.29) is 30.2 Å². The normalized spacial score (nSPS) is 28.5. The Labute approximate surface area is 133 Å². The third kappa shape index (κ3) is 3.73. The van der Waals surface area contributed by atoms with Crippen molar-refractivity contribution in [3.8, 4) is 11.5 Å². The molecule has 0 aliphatic carbocycles. The molecule has 0 unspecified atom stereocenters. The van der Waals surface area contributed by atoms with Gasteiger partial charge in [0.1, 0.15) is 0 Å². The van der Waals surface area contributed by atoms with Gasteiger partial charge in [-0.3, -0.25) is 0 Å². The molecule has 124 valence electrons. The predicted octanol–water partition coefficient (Wildman–Crippen LogP) is 4.42. The lowest BCUT2D eigenvalue weighted by molar-refractivity contribution is -0.271.